The molecule has 0 rings (SSSR count). The Morgan fingerprint density at radius 2 is 1.43 bits per heavy atom. The predicted molar refractivity (Wildman–Crippen MR) is 74.0 cm³/mol. The zero-order chi connectivity index (χ0) is 17.9. The minimum Gasteiger partial charge on any atom is -0.348 e. The van der Waals surface area contributed by atoms with Crippen molar-refractivity contribution in [1.29, 1.82) is 0 Å². The standard InChI is InChI=1S/C13H23F6N3O/c1-22(10-4-8-21-11(23)13(17,18)19)9-3-7-20-6-2-5-12(14,15)16/h20H,2-10H2,1H3,(H,21,23). The van der Waals surface area contributed by atoms with Gasteiger partial charge >= 0.3 is 18.3 Å². The summed E-state index contributed by atoms with van der Waals surface area (Å²) >= 11 is 0. The third-order valence-corrected chi connectivity index (χ3v) is 2.97. The van der Waals surface area contributed by atoms with Gasteiger partial charge in [-0.3, -0.25) is 4.79 Å². The van der Waals surface area contributed by atoms with E-state index in [0.717, 1.165) is 6.42 Å². The lowest BCUT2D eigenvalue weighted by Gasteiger charge is -2.17. The molecular formula is C13H23F6N3O. The van der Waals surface area contributed by atoms with Gasteiger partial charge < -0.3 is 15.5 Å². The summed E-state index contributed by atoms with van der Waals surface area (Å²) < 4.78 is 71.3. The van der Waals surface area contributed by atoms with Crippen LogP contribution >= 0.6 is 0 Å². The van der Waals surface area contributed by atoms with Crippen molar-refractivity contribution in [2.75, 3.05) is 39.8 Å². The average Bonchev–Trinajstić information content (AvgIpc) is 2.40. The van der Waals surface area contributed by atoms with E-state index in [2.05, 4.69) is 5.32 Å². The fourth-order valence-electron chi connectivity index (χ4n) is 1.78. The van der Waals surface area contributed by atoms with Crippen molar-refractivity contribution in [3.63, 3.8) is 0 Å². The first-order chi connectivity index (χ1) is 10.5. The number of nitrogens with zero attached hydrogens (tertiary/aromatic N) is 1. The van der Waals surface area contributed by atoms with E-state index in [1.165, 1.54) is 0 Å². The number of amides is 1. The number of alkyl halides is 6. The molecule has 0 aromatic rings. The Bertz CT molecular complexity index is 333. The molecular weight excluding hydrogens is 328 g/mol. The monoisotopic (exact) mass is 351 g/mol. The molecule has 0 saturated heterocycles. The van der Waals surface area contributed by atoms with E-state index in [1.54, 1.807) is 12.4 Å². The summed E-state index contributed by atoms with van der Waals surface area (Å²) in [6.07, 6.45) is -8.64. The fraction of sp³-hybridized carbons (Fsp3) is 0.923. The van der Waals surface area contributed by atoms with Gasteiger partial charge in [0.05, 0.1) is 0 Å². The molecule has 0 heterocycles. The van der Waals surface area contributed by atoms with Crippen LogP contribution in [-0.4, -0.2) is 62.9 Å². The molecule has 0 unspecified atom stereocenters. The van der Waals surface area contributed by atoms with Gasteiger partial charge in [-0.25, -0.2) is 0 Å². The van der Waals surface area contributed by atoms with Crippen molar-refractivity contribution in [3.8, 4) is 0 Å². The highest BCUT2D eigenvalue weighted by Crippen LogP contribution is 2.20. The Balaban J connectivity index is 3.44. The second-order valence-corrected chi connectivity index (χ2v) is 5.23. The first-order valence-corrected chi connectivity index (χ1v) is 7.33. The SMILES string of the molecule is CN(CCCNCCCC(F)(F)F)CCCNC(=O)C(F)(F)F. The molecule has 138 valence electrons. The molecule has 0 saturated carbocycles. The maximum Gasteiger partial charge on any atom is 0.471 e. The molecule has 0 bridgehead atoms. The topological polar surface area (TPSA) is 44.4 Å². The van der Waals surface area contributed by atoms with Gasteiger partial charge in [0.15, 0.2) is 0 Å². The summed E-state index contributed by atoms with van der Waals surface area (Å²) in [5.41, 5.74) is 0. The molecule has 0 aromatic heterocycles. The highest BCUT2D eigenvalue weighted by molar-refractivity contribution is 5.81. The zero-order valence-corrected chi connectivity index (χ0v) is 13.0. The summed E-state index contributed by atoms with van der Waals surface area (Å²) in [7, 11) is 1.79. The first-order valence-electron chi connectivity index (χ1n) is 7.33. The van der Waals surface area contributed by atoms with Crippen LogP contribution in [0.2, 0.25) is 0 Å². The molecule has 4 nitrogen and oxygen atoms in total. The molecule has 1 amide bonds. The lowest BCUT2D eigenvalue weighted by molar-refractivity contribution is -0.173. The summed E-state index contributed by atoms with van der Waals surface area (Å²) in [6.45, 7) is 2.00. The fourth-order valence-corrected chi connectivity index (χ4v) is 1.78. The molecule has 10 heteroatoms. The van der Waals surface area contributed by atoms with Crippen LogP contribution in [-0.2, 0) is 4.79 Å². The molecule has 0 aromatic carbocycles. The van der Waals surface area contributed by atoms with E-state index in [9.17, 15) is 31.1 Å². The molecule has 23 heavy (non-hydrogen) atoms. The smallest absolute Gasteiger partial charge is 0.348 e. The number of carbonyl (C=O) groups is 1. The number of halogens is 6. The minimum atomic E-state index is -4.86. The zero-order valence-electron chi connectivity index (χ0n) is 13.0. The van der Waals surface area contributed by atoms with Crippen LogP contribution < -0.4 is 10.6 Å². The van der Waals surface area contributed by atoms with Gasteiger partial charge in [-0.05, 0) is 52.5 Å². The van der Waals surface area contributed by atoms with E-state index in [1.807, 2.05) is 4.90 Å². The third kappa shape index (κ3) is 14.3. The summed E-state index contributed by atoms with van der Waals surface area (Å²) in [6, 6.07) is 0. The van der Waals surface area contributed by atoms with E-state index >= 15 is 0 Å². The van der Waals surface area contributed by atoms with Crippen LogP contribution in [0.1, 0.15) is 25.7 Å². The summed E-state index contributed by atoms with van der Waals surface area (Å²) in [5, 5.41) is 4.69. The number of hydrogen-bond acceptors (Lipinski definition) is 3. The highest BCUT2D eigenvalue weighted by atomic mass is 19.4. The quantitative estimate of drug-likeness (QED) is 0.444. The van der Waals surface area contributed by atoms with Gasteiger partial charge in [0.2, 0.25) is 0 Å². The third-order valence-electron chi connectivity index (χ3n) is 2.97. The number of rotatable bonds is 11. The predicted octanol–water partition coefficient (Wildman–Crippen LogP) is 2.31. The van der Waals surface area contributed by atoms with E-state index in [4.69, 9.17) is 0 Å². The molecule has 0 radical (unpaired) electrons. The van der Waals surface area contributed by atoms with Crippen LogP contribution in [0.15, 0.2) is 0 Å². The molecule has 0 aliphatic rings. The molecule has 0 aliphatic carbocycles. The van der Waals surface area contributed by atoms with Gasteiger partial charge in [0.1, 0.15) is 0 Å². The van der Waals surface area contributed by atoms with Crippen LogP contribution in [0, 0.1) is 0 Å². The molecule has 0 spiro atoms. The van der Waals surface area contributed by atoms with Crippen LogP contribution in [0.25, 0.3) is 0 Å². The van der Waals surface area contributed by atoms with E-state index in [-0.39, 0.29) is 13.0 Å². The summed E-state index contributed by atoms with van der Waals surface area (Å²) in [4.78, 5) is 12.4. The number of nitrogens with one attached hydrogen (secondary N) is 2. The Morgan fingerprint density at radius 1 is 0.913 bits per heavy atom. The first kappa shape index (κ1) is 22.0. The molecule has 2 N–H and O–H groups in total. The van der Waals surface area contributed by atoms with Crippen LogP contribution in [0.4, 0.5) is 26.3 Å². The van der Waals surface area contributed by atoms with Crippen molar-refractivity contribution < 1.29 is 31.1 Å². The Labute approximate surface area is 131 Å². The molecule has 0 fully saturated rings. The van der Waals surface area contributed by atoms with Gasteiger partial charge in [-0.15, -0.1) is 0 Å². The van der Waals surface area contributed by atoms with Gasteiger partial charge in [0.25, 0.3) is 0 Å². The maximum absolute atomic E-state index is 11.9. The Morgan fingerprint density at radius 3 is 1.96 bits per heavy atom. The molecule has 0 atom stereocenters. The highest BCUT2D eigenvalue weighted by Gasteiger charge is 2.38. The number of hydrogen-bond donors (Lipinski definition) is 2. The van der Waals surface area contributed by atoms with Crippen molar-refractivity contribution in [2.45, 2.75) is 38.0 Å². The van der Waals surface area contributed by atoms with E-state index in [0.29, 0.717) is 32.6 Å². The maximum atomic E-state index is 11.9. The lowest BCUT2D eigenvalue weighted by atomic mass is 10.3. The van der Waals surface area contributed by atoms with Crippen LogP contribution in [0.5, 0.6) is 0 Å². The van der Waals surface area contributed by atoms with Gasteiger partial charge in [-0.2, -0.15) is 26.3 Å². The van der Waals surface area contributed by atoms with Gasteiger partial charge in [-0.1, -0.05) is 0 Å². The second-order valence-electron chi connectivity index (χ2n) is 5.23. The minimum absolute atomic E-state index is 0.0399. The average molecular weight is 351 g/mol. The Hall–Kier alpha value is -1.03. The van der Waals surface area contributed by atoms with E-state index < -0.39 is 24.7 Å². The van der Waals surface area contributed by atoms with Gasteiger partial charge in [0, 0.05) is 13.0 Å². The van der Waals surface area contributed by atoms with Crippen LogP contribution in [0.3, 0.4) is 0 Å². The van der Waals surface area contributed by atoms with Crippen molar-refractivity contribution >= 4 is 5.91 Å². The largest absolute Gasteiger partial charge is 0.471 e. The normalized spacial score (nSPS) is 12.7. The van der Waals surface area contributed by atoms with Crippen molar-refractivity contribution in [3.05, 3.63) is 0 Å². The molecule has 0 aliphatic heterocycles. The lowest BCUT2D eigenvalue weighted by Crippen LogP contribution is -2.38. The van der Waals surface area contributed by atoms with Crippen molar-refractivity contribution in [2.24, 2.45) is 0 Å². The number of carbonyl (C=O) groups excluding carboxylic acids is 1. The van der Waals surface area contributed by atoms with Crippen molar-refractivity contribution in [1.82, 2.24) is 15.5 Å². The summed E-state index contributed by atoms with van der Waals surface area (Å²) in [5.74, 6) is -1.94. The Kier molecular flexibility index (Phi) is 10.2. The second kappa shape index (κ2) is 10.7.